The van der Waals surface area contributed by atoms with Crippen LogP contribution < -0.4 is 0 Å². The monoisotopic (exact) mass is 339 g/mol. The van der Waals surface area contributed by atoms with Crippen LogP contribution in [0.15, 0.2) is 21.5 Å². The molecule has 1 aliphatic heterocycles. The van der Waals surface area contributed by atoms with Crippen molar-refractivity contribution in [1.29, 1.82) is 0 Å². The number of aryl methyl sites for hydroxylation is 1. The summed E-state index contributed by atoms with van der Waals surface area (Å²) in [6, 6.07) is 2.61. The van der Waals surface area contributed by atoms with Gasteiger partial charge in [-0.05, 0) is 25.0 Å². The number of hydrogen-bond donors (Lipinski definition) is 1. The fourth-order valence-electron chi connectivity index (χ4n) is 2.21. The zero-order valence-electron chi connectivity index (χ0n) is 12.5. The van der Waals surface area contributed by atoms with E-state index in [-0.39, 0.29) is 16.1 Å². The smallest absolute Gasteiger partial charge is 0.327 e. The minimum Gasteiger partial charge on any atom is -0.480 e. The first-order valence-corrected chi connectivity index (χ1v) is 8.14. The maximum absolute atomic E-state index is 12.5. The molecule has 0 radical (unpaired) electrons. The van der Waals surface area contributed by atoms with E-state index in [9.17, 15) is 14.7 Å². The van der Waals surface area contributed by atoms with Gasteiger partial charge < -0.3 is 9.52 Å². The van der Waals surface area contributed by atoms with Gasteiger partial charge in [-0.2, -0.15) is 0 Å². The number of hydrogen-bond acceptors (Lipinski definition) is 5. The van der Waals surface area contributed by atoms with Gasteiger partial charge in [0.25, 0.3) is 5.91 Å². The van der Waals surface area contributed by atoms with Gasteiger partial charge >= 0.3 is 5.97 Å². The molecular weight excluding hydrogens is 322 g/mol. The van der Waals surface area contributed by atoms with E-state index in [1.807, 2.05) is 13.8 Å². The van der Waals surface area contributed by atoms with Crippen LogP contribution in [0.4, 0.5) is 0 Å². The molecule has 0 aliphatic carbocycles. The highest BCUT2D eigenvalue weighted by Gasteiger charge is 2.42. The molecule has 1 aromatic rings. The van der Waals surface area contributed by atoms with Crippen LogP contribution in [0.5, 0.6) is 0 Å². The number of carboxylic acids is 1. The van der Waals surface area contributed by atoms with Crippen LogP contribution in [-0.4, -0.2) is 32.2 Å². The molecule has 2 rings (SSSR count). The Balaban J connectivity index is 2.32. The van der Waals surface area contributed by atoms with Gasteiger partial charge in [0.15, 0.2) is 0 Å². The Morgan fingerprint density at radius 2 is 2.23 bits per heavy atom. The van der Waals surface area contributed by atoms with Crippen molar-refractivity contribution in [3.63, 3.8) is 0 Å². The lowest BCUT2D eigenvalue weighted by molar-refractivity contribution is -0.147. The maximum atomic E-state index is 12.5. The standard InChI is InChI=1S/C15H17NO4S2/c1-4-8(2)12(14(18)19)16-13(17)11(22-15(16)21)7-10-6-5-9(3)20-10/h5-8,12H,4H2,1-3H3,(H,18,19)/b11-7+/t8-,12-/m0/s1. The Hall–Kier alpha value is -1.60. The van der Waals surface area contributed by atoms with E-state index in [0.717, 1.165) is 17.5 Å². The van der Waals surface area contributed by atoms with E-state index in [2.05, 4.69) is 0 Å². The molecule has 1 fully saturated rings. The zero-order chi connectivity index (χ0) is 16.4. The summed E-state index contributed by atoms with van der Waals surface area (Å²) >= 11 is 6.32. The first-order chi connectivity index (χ1) is 10.3. The molecule has 0 bridgehead atoms. The summed E-state index contributed by atoms with van der Waals surface area (Å²) in [6.07, 6.45) is 2.24. The van der Waals surface area contributed by atoms with Crippen molar-refractivity contribution < 1.29 is 19.1 Å². The summed E-state index contributed by atoms with van der Waals surface area (Å²) in [5.41, 5.74) is 0. The molecule has 1 aromatic heterocycles. The normalized spacial score (nSPS) is 19.8. The van der Waals surface area contributed by atoms with Crippen LogP contribution in [0.3, 0.4) is 0 Å². The lowest BCUT2D eigenvalue weighted by Gasteiger charge is -2.27. The molecule has 1 amide bonds. The summed E-state index contributed by atoms with van der Waals surface area (Å²) < 4.78 is 5.69. The van der Waals surface area contributed by atoms with Gasteiger partial charge in [-0.1, -0.05) is 44.2 Å². The van der Waals surface area contributed by atoms with Crippen molar-refractivity contribution >= 4 is 46.3 Å². The lowest BCUT2D eigenvalue weighted by Crippen LogP contribution is -2.47. The Labute approximate surface area is 138 Å². The molecule has 118 valence electrons. The molecule has 7 heteroatoms. The van der Waals surface area contributed by atoms with Crippen LogP contribution in [0.25, 0.3) is 6.08 Å². The number of nitrogens with zero attached hydrogens (tertiary/aromatic N) is 1. The SMILES string of the molecule is CC[C@H](C)[C@@H](C(=O)O)N1C(=O)/C(=C\c2ccc(C)o2)SC1=S. The van der Waals surface area contributed by atoms with Gasteiger partial charge in [-0.15, -0.1) is 0 Å². The molecule has 1 aliphatic rings. The molecule has 1 saturated heterocycles. The van der Waals surface area contributed by atoms with Gasteiger partial charge in [0.05, 0.1) is 4.91 Å². The van der Waals surface area contributed by atoms with Crippen molar-refractivity contribution in [2.45, 2.75) is 33.2 Å². The van der Waals surface area contributed by atoms with E-state index in [0.29, 0.717) is 17.1 Å². The predicted molar refractivity (Wildman–Crippen MR) is 89.3 cm³/mol. The first kappa shape index (κ1) is 16.8. The molecular formula is C15H17NO4S2. The minimum atomic E-state index is -1.04. The Morgan fingerprint density at radius 1 is 1.55 bits per heavy atom. The Morgan fingerprint density at radius 3 is 2.73 bits per heavy atom. The molecule has 0 saturated carbocycles. The van der Waals surface area contributed by atoms with Crippen LogP contribution in [0.1, 0.15) is 31.8 Å². The highest BCUT2D eigenvalue weighted by atomic mass is 32.2. The quantitative estimate of drug-likeness (QED) is 0.656. The number of rotatable bonds is 5. The second-order valence-corrected chi connectivity index (χ2v) is 6.84. The number of thiocarbonyl (C=S) groups is 1. The third-order valence-corrected chi connectivity index (χ3v) is 4.90. The van der Waals surface area contributed by atoms with Crippen LogP contribution in [0, 0.1) is 12.8 Å². The van der Waals surface area contributed by atoms with Crippen molar-refractivity contribution in [3.8, 4) is 0 Å². The minimum absolute atomic E-state index is 0.190. The lowest BCUT2D eigenvalue weighted by atomic mass is 9.98. The van der Waals surface area contributed by atoms with Crippen molar-refractivity contribution in [2.24, 2.45) is 5.92 Å². The Bertz CT molecular complexity index is 650. The van der Waals surface area contributed by atoms with Gasteiger partial charge in [0, 0.05) is 6.08 Å². The fourth-order valence-corrected chi connectivity index (χ4v) is 3.52. The first-order valence-electron chi connectivity index (χ1n) is 6.91. The number of carbonyl (C=O) groups is 2. The highest BCUT2D eigenvalue weighted by Crippen LogP contribution is 2.36. The van der Waals surface area contributed by atoms with Gasteiger partial charge in [-0.3, -0.25) is 9.69 Å². The van der Waals surface area contributed by atoms with Crippen molar-refractivity contribution in [3.05, 3.63) is 28.6 Å². The molecule has 0 aromatic carbocycles. The van der Waals surface area contributed by atoms with Crippen molar-refractivity contribution in [2.75, 3.05) is 0 Å². The average Bonchev–Trinajstić information content (AvgIpc) is 2.97. The van der Waals surface area contributed by atoms with Crippen LogP contribution in [-0.2, 0) is 9.59 Å². The molecule has 1 N–H and O–H groups in total. The van der Waals surface area contributed by atoms with E-state index >= 15 is 0 Å². The number of thioether (sulfide) groups is 1. The summed E-state index contributed by atoms with van der Waals surface area (Å²) in [4.78, 5) is 25.7. The van der Waals surface area contributed by atoms with E-state index in [4.69, 9.17) is 16.6 Å². The second kappa shape index (κ2) is 6.66. The third-order valence-electron chi connectivity index (χ3n) is 3.57. The molecule has 0 spiro atoms. The van der Waals surface area contributed by atoms with E-state index < -0.39 is 12.0 Å². The number of furan rings is 1. The Kier molecular flexibility index (Phi) is 5.08. The third kappa shape index (κ3) is 3.25. The summed E-state index contributed by atoms with van der Waals surface area (Å²) in [5, 5.41) is 9.45. The van der Waals surface area contributed by atoms with Crippen molar-refractivity contribution in [1.82, 2.24) is 4.90 Å². The number of aliphatic carboxylic acids is 1. The number of carboxylic acid groups (broad SMARTS) is 1. The summed E-state index contributed by atoms with van der Waals surface area (Å²) in [7, 11) is 0. The maximum Gasteiger partial charge on any atom is 0.327 e. The summed E-state index contributed by atoms with van der Waals surface area (Å²) in [5.74, 6) is -0.319. The summed E-state index contributed by atoms with van der Waals surface area (Å²) in [6.45, 7) is 5.50. The molecule has 2 atom stereocenters. The van der Waals surface area contributed by atoms with E-state index in [1.54, 1.807) is 25.1 Å². The predicted octanol–water partition coefficient (Wildman–Crippen LogP) is 3.29. The number of carbonyl (C=O) groups excluding carboxylic acids is 1. The largest absolute Gasteiger partial charge is 0.480 e. The highest BCUT2D eigenvalue weighted by molar-refractivity contribution is 8.26. The molecule has 0 unspecified atom stereocenters. The van der Waals surface area contributed by atoms with Gasteiger partial charge in [0.1, 0.15) is 21.9 Å². The second-order valence-electron chi connectivity index (χ2n) is 5.17. The zero-order valence-corrected chi connectivity index (χ0v) is 14.2. The van der Waals surface area contributed by atoms with Gasteiger partial charge in [0.2, 0.25) is 0 Å². The molecule has 22 heavy (non-hydrogen) atoms. The van der Waals surface area contributed by atoms with Crippen LogP contribution >= 0.6 is 24.0 Å². The van der Waals surface area contributed by atoms with E-state index in [1.165, 1.54) is 4.90 Å². The number of amides is 1. The molecule has 2 heterocycles. The van der Waals surface area contributed by atoms with Crippen LogP contribution in [0.2, 0.25) is 0 Å². The molecule has 5 nitrogen and oxygen atoms in total. The topological polar surface area (TPSA) is 70.8 Å². The average molecular weight is 339 g/mol. The van der Waals surface area contributed by atoms with Gasteiger partial charge in [-0.25, -0.2) is 4.79 Å². The fraction of sp³-hybridized carbons (Fsp3) is 0.400.